The Bertz CT molecular complexity index is 2460. The normalized spacial score (nSPS) is 22.2. The fourth-order valence-corrected chi connectivity index (χ4v) is 11.3. The van der Waals surface area contributed by atoms with Crippen molar-refractivity contribution in [1.82, 2.24) is 29.7 Å². The van der Waals surface area contributed by atoms with Gasteiger partial charge in [0.05, 0.1) is 35.6 Å². The summed E-state index contributed by atoms with van der Waals surface area (Å²) in [5, 5.41) is 15.5. The number of aromatic amines is 2. The second-order valence-corrected chi connectivity index (χ2v) is 21.3. The molecule has 4 heterocycles. The predicted octanol–water partition coefficient (Wildman–Crippen LogP) is 9.52. The molecule has 2 aromatic carbocycles. The first-order valence-electron chi connectivity index (χ1n) is 22.9. The van der Waals surface area contributed by atoms with E-state index in [0.29, 0.717) is 83.5 Å². The van der Waals surface area contributed by atoms with E-state index in [9.17, 15) is 36.7 Å². The van der Waals surface area contributed by atoms with Crippen molar-refractivity contribution in [3.05, 3.63) is 68.3 Å². The molecule has 5 N–H and O–H groups in total. The van der Waals surface area contributed by atoms with E-state index in [1.807, 2.05) is 0 Å². The van der Waals surface area contributed by atoms with Gasteiger partial charge in [-0.25, -0.2) is 37.1 Å². The first-order chi connectivity index (χ1) is 31.5. The van der Waals surface area contributed by atoms with Crippen LogP contribution < -0.4 is 21.8 Å². The molecule has 2 aliphatic carbocycles. The molecule has 66 heavy (non-hydrogen) atoms. The van der Waals surface area contributed by atoms with Gasteiger partial charge in [-0.3, -0.25) is 9.59 Å². The third-order valence-electron chi connectivity index (χ3n) is 12.2. The third-order valence-corrected chi connectivity index (χ3v) is 14.9. The Morgan fingerprint density at radius 2 is 1.15 bits per heavy atom. The van der Waals surface area contributed by atoms with Gasteiger partial charge >= 0.3 is 12.2 Å². The van der Waals surface area contributed by atoms with Crippen LogP contribution in [0.1, 0.15) is 109 Å². The zero-order chi connectivity index (χ0) is 47.1. The number of fused-ring (bicyclic) bond motifs is 2. The van der Waals surface area contributed by atoms with Gasteiger partial charge in [-0.15, -0.1) is 0 Å². The molecule has 360 valence electrons. The van der Waals surface area contributed by atoms with E-state index in [-0.39, 0.29) is 47.3 Å². The van der Waals surface area contributed by atoms with E-state index in [4.69, 9.17) is 9.84 Å². The second kappa shape index (κ2) is 21.9. The first kappa shape index (κ1) is 49.2. The molecule has 8 rings (SSSR count). The number of likely N-dealkylation sites (tertiary alicyclic amines) is 2. The number of H-pyrrole nitrogens is 2. The summed E-state index contributed by atoms with van der Waals surface area (Å²) in [5.74, 6) is 0.309. The maximum Gasteiger partial charge on any atom is 0.410 e. The van der Waals surface area contributed by atoms with Gasteiger partial charge in [0.2, 0.25) is 0 Å². The summed E-state index contributed by atoms with van der Waals surface area (Å²) < 4.78 is 63.4. The highest BCUT2D eigenvalue weighted by atomic mass is 32.2. The van der Waals surface area contributed by atoms with Crippen molar-refractivity contribution in [2.45, 2.75) is 150 Å². The van der Waals surface area contributed by atoms with Gasteiger partial charge in [0.1, 0.15) is 52.0 Å². The van der Waals surface area contributed by atoms with Crippen LogP contribution in [0, 0.1) is 11.6 Å². The van der Waals surface area contributed by atoms with Gasteiger partial charge in [0.15, 0.2) is 0 Å². The summed E-state index contributed by atoms with van der Waals surface area (Å²) >= 11 is 2.92. The van der Waals surface area contributed by atoms with Crippen LogP contribution in [-0.2, 0) is 16.2 Å². The van der Waals surface area contributed by atoms with Crippen molar-refractivity contribution in [3.8, 4) is 0 Å². The van der Waals surface area contributed by atoms with Crippen LogP contribution in [0.25, 0.3) is 21.8 Å². The molecule has 4 aliphatic rings. The zero-order valence-corrected chi connectivity index (χ0v) is 39.2. The molecule has 4 atom stereocenters. The second-order valence-electron chi connectivity index (χ2n) is 18.7. The van der Waals surface area contributed by atoms with Crippen molar-refractivity contribution in [2.24, 2.45) is 0 Å². The van der Waals surface area contributed by atoms with Crippen LogP contribution in [0.2, 0.25) is 0 Å². The number of carbonyl (C=O) groups is 2. The number of carbonyl (C=O) groups excluding carboxylic acids is 1. The third kappa shape index (κ3) is 13.5. The predicted molar refractivity (Wildman–Crippen MR) is 252 cm³/mol. The van der Waals surface area contributed by atoms with Crippen LogP contribution in [0.5, 0.6) is 0 Å². The quantitative estimate of drug-likeness (QED) is 0.0950. The molecule has 4 aromatic rings. The van der Waals surface area contributed by atoms with Gasteiger partial charge in [0.25, 0.3) is 11.1 Å². The SMILES string of the molecule is CC(C)(C)OC(=O)N1CCC(SCc2nc3cc(NC4CCCC4)cc(F)c3c(=O)[nH]2)CC(F)C1.O=C(O)N1CC[C@H](SCc2nc3cc(NC4CCCC4)cc(F)c3c(=O)[nH]2)C[C@H](F)C1. The average molecular weight is 961 g/mol. The fraction of sp³-hybridized carbons (Fsp3) is 0.609. The van der Waals surface area contributed by atoms with E-state index >= 15 is 0 Å². The highest BCUT2D eigenvalue weighted by molar-refractivity contribution is 7.99. The monoisotopic (exact) mass is 960 g/mol. The number of benzene rings is 2. The number of rotatable bonds is 10. The molecule has 2 aliphatic heterocycles. The topological polar surface area (TPSA) is 186 Å². The van der Waals surface area contributed by atoms with Crippen molar-refractivity contribution in [3.63, 3.8) is 0 Å². The van der Waals surface area contributed by atoms with Gasteiger partial charge < -0.3 is 40.2 Å². The summed E-state index contributed by atoms with van der Waals surface area (Å²) in [7, 11) is 0. The standard InChI is InChI=1S/C25H34F2N4O3S.C21H26F2N4O3S/c1-25(2,3)34-24(33)31-9-8-18(10-15(26)13-31)35-14-21-29-20-12-17(28-16-6-4-5-7-16)11-19(27)22(20)23(32)30-21;22-12-7-15(5-6-27(10-12)21(29)30)31-11-18-25-17-9-14(24-13-3-1-2-4-13)8-16(23)19(17)20(28)26-18/h11-12,15-16,18,28H,4-10,13-14H2,1-3H3,(H,29,30,32);8-9,12-13,15,24H,1-7,10-11H2,(H,29,30)(H,25,26,28)/t;12-,15-/m.0/s1. The number of alkyl halides is 2. The average Bonchev–Trinajstić information content (AvgIpc) is 3.87. The largest absolute Gasteiger partial charge is 0.465 e. The lowest BCUT2D eigenvalue weighted by atomic mass is 10.2. The van der Waals surface area contributed by atoms with Crippen LogP contribution >= 0.6 is 23.5 Å². The minimum atomic E-state index is -1.22. The number of thioether (sulfide) groups is 2. The number of nitrogens with zero attached hydrogens (tertiary/aromatic N) is 4. The molecule has 2 aromatic heterocycles. The maximum absolute atomic E-state index is 14.7. The molecular weight excluding hydrogens is 901 g/mol. The number of carboxylic acid groups (broad SMARTS) is 1. The molecular formula is C46H60F4N8O6S2. The van der Waals surface area contributed by atoms with Crippen LogP contribution in [0.3, 0.4) is 0 Å². The lowest BCUT2D eigenvalue weighted by Crippen LogP contribution is -2.39. The molecule has 2 unspecified atom stereocenters. The van der Waals surface area contributed by atoms with Crippen LogP contribution in [-0.4, -0.2) is 114 Å². The van der Waals surface area contributed by atoms with E-state index in [1.165, 1.54) is 40.6 Å². The molecule has 2 amide bonds. The lowest BCUT2D eigenvalue weighted by molar-refractivity contribution is 0.0221. The molecule has 0 spiro atoms. The Kier molecular flexibility index (Phi) is 16.3. The van der Waals surface area contributed by atoms with Crippen molar-refractivity contribution in [1.29, 1.82) is 0 Å². The number of amides is 2. The lowest BCUT2D eigenvalue weighted by Gasteiger charge is -2.26. The molecule has 14 nitrogen and oxygen atoms in total. The van der Waals surface area contributed by atoms with Crippen molar-refractivity contribution < 1.29 is 37.0 Å². The van der Waals surface area contributed by atoms with Gasteiger partial charge in [-0.05, 0) is 96.4 Å². The number of anilines is 2. The number of aromatic nitrogens is 4. The highest BCUT2D eigenvalue weighted by Gasteiger charge is 2.31. The molecule has 4 fully saturated rings. The Balaban J connectivity index is 0.000000198. The molecule has 20 heteroatoms. The van der Waals surface area contributed by atoms with Gasteiger partial charge in [-0.1, -0.05) is 25.7 Å². The smallest absolute Gasteiger partial charge is 0.410 e. The summed E-state index contributed by atoms with van der Waals surface area (Å²) in [6, 6.07) is 6.75. The highest BCUT2D eigenvalue weighted by Crippen LogP contribution is 2.31. The van der Waals surface area contributed by atoms with Gasteiger partial charge in [-0.2, -0.15) is 23.5 Å². The Labute approximate surface area is 389 Å². The van der Waals surface area contributed by atoms with Crippen molar-refractivity contribution >= 4 is 68.9 Å². The Morgan fingerprint density at radius 3 is 1.58 bits per heavy atom. The Morgan fingerprint density at radius 1 is 0.727 bits per heavy atom. The van der Waals surface area contributed by atoms with Gasteiger partial charge in [0, 0.05) is 47.0 Å². The van der Waals surface area contributed by atoms with E-state index in [0.717, 1.165) is 56.3 Å². The summed E-state index contributed by atoms with van der Waals surface area (Å²) in [6.45, 7) is 5.91. The summed E-state index contributed by atoms with van der Waals surface area (Å²) in [4.78, 5) is 65.3. The molecule has 0 radical (unpaired) electrons. The van der Waals surface area contributed by atoms with E-state index < -0.39 is 52.9 Å². The number of ether oxygens (including phenoxy) is 1. The number of hydrogen-bond donors (Lipinski definition) is 5. The number of nitrogens with one attached hydrogen (secondary N) is 4. The minimum Gasteiger partial charge on any atom is -0.465 e. The summed E-state index contributed by atoms with van der Waals surface area (Å²) in [6.07, 6.45) is 6.47. The van der Waals surface area contributed by atoms with E-state index in [2.05, 4.69) is 30.6 Å². The minimum absolute atomic E-state index is 0.00702. The number of halogens is 4. The first-order valence-corrected chi connectivity index (χ1v) is 25.0. The van der Waals surface area contributed by atoms with Crippen LogP contribution in [0.4, 0.5) is 38.5 Å². The summed E-state index contributed by atoms with van der Waals surface area (Å²) in [5.41, 5.74) is 0.161. The fourth-order valence-electron chi connectivity index (χ4n) is 9.04. The zero-order valence-electron chi connectivity index (χ0n) is 37.6. The molecule has 0 bridgehead atoms. The molecule has 2 saturated heterocycles. The van der Waals surface area contributed by atoms with E-state index in [1.54, 1.807) is 32.9 Å². The van der Waals surface area contributed by atoms with Crippen LogP contribution in [0.15, 0.2) is 33.9 Å². The molecule has 2 saturated carbocycles. The Hall–Kier alpha value is -4.72. The maximum atomic E-state index is 14.7. The number of hydrogen-bond acceptors (Lipinski definition) is 11. The van der Waals surface area contributed by atoms with Crippen molar-refractivity contribution in [2.75, 3.05) is 36.8 Å².